The Balaban J connectivity index is 2.32. The number of fused-ring (bicyclic) bond motifs is 2. The third-order valence-electron chi connectivity index (χ3n) is 6.61. The zero-order chi connectivity index (χ0) is 27.3. The average Bonchev–Trinajstić information content (AvgIpc) is 3.23. The van der Waals surface area contributed by atoms with Gasteiger partial charge >= 0.3 is 0 Å². The molecule has 0 aromatic carbocycles. The highest BCUT2D eigenvalue weighted by Gasteiger charge is 2.26. The van der Waals surface area contributed by atoms with E-state index in [0.29, 0.717) is 46.5 Å². The highest BCUT2D eigenvalue weighted by Crippen LogP contribution is 2.30. The van der Waals surface area contributed by atoms with Crippen molar-refractivity contribution in [2.24, 2.45) is 0 Å². The lowest BCUT2D eigenvalue weighted by molar-refractivity contribution is 0.163. The van der Waals surface area contributed by atoms with Crippen LogP contribution in [-0.4, -0.2) is 76.2 Å². The zero-order valence-electron chi connectivity index (χ0n) is 23.1. The molecule has 3 rings (SSSR count). The highest BCUT2D eigenvalue weighted by atomic mass is 32.2. The van der Waals surface area contributed by atoms with Crippen LogP contribution in [0.15, 0.2) is 18.2 Å². The van der Waals surface area contributed by atoms with Gasteiger partial charge in [0.25, 0.3) is 0 Å². The molecule has 0 N–H and O–H groups in total. The molecule has 3 aromatic heterocycles. The minimum Gasteiger partial charge on any atom is -0.293 e. The summed E-state index contributed by atoms with van der Waals surface area (Å²) in [6.07, 6.45) is 2.33. The van der Waals surface area contributed by atoms with Gasteiger partial charge in [-0.05, 0) is 73.6 Å². The Morgan fingerprint density at radius 1 is 0.639 bits per heavy atom. The quantitative estimate of drug-likeness (QED) is 0.386. The third kappa shape index (κ3) is 5.64. The van der Waals surface area contributed by atoms with Crippen molar-refractivity contribution in [2.75, 3.05) is 12.5 Å². The van der Waals surface area contributed by atoms with E-state index in [9.17, 15) is 16.8 Å². The second-order valence-corrected chi connectivity index (χ2v) is 14.5. The van der Waals surface area contributed by atoms with Gasteiger partial charge in [-0.1, -0.05) is 0 Å². The summed E-state index contributed by atoms with van der Waals surface area (Å²) < 4.78 is 54.4. The van der Waals surface area contributed by atoms with E-state index in [-0.39, 0.29) is 24.2 Å². The number of hydrogen-bond donors (Lipinski definition) is 0. The van der Waals surface area contributed by atoms with E-state index in [1.54, 1.807) is 18.2 Å². The number of nitrogens with zero attached hydrogens (tertiary/aromatic N) is 5. The number of hydrogen-bond acceptors (Lipinski definition) is 7. The van der Waals surface area contributed by atoms with Gasteiger partial charge in [-0.15, -0.1) is 0 Å². The summed E-state index contributed by atoms with van der Waals surface area (Å²) in [4.78, 5) is 9.16. The zero-order valence-corrected chi connectivity index (χ0v) is 24.8. The monoisotopic (exact) mass is 539 g/mol. The Morgan fingerprint density at radius 3 is 1.19 bits per heavy atom. The van der Waals surface area contributed by atoms with Gasteiger partial charge in [0.15, 0.2) is 0 Å². The molecule has 0 aliphatic rings. The lowest BCUT2D eigenvalue weighted by Gasteiger charge is -2.30. The molecule has 0 amide bonds. The molecule has 0 saturated heterocycles. The maximum Gasteiger partial charge on any atom is 0.236 e. The fourth-order valence-electron chi connectivity index (χ4n) is 5.10. The predicted octanol–water partition coefficient (Wildman–Crippen LogP) is 3.84. The van der Waals surface area contributed by atoms with Crippen molar-refractivity contribution in [3.63, 3.8) is 0 Å². The lowest BCUT2D eigenvalue weighted by Crippen LogP contribution is -2.37. The van der Waals surface area contributed by atoms with E-state index in [1.165, 1.54) is 20.5 Å². The van der Waals surface area contributed by atoms with E-state index in [0.717, 1.165) is 0 Å². The Hall–Kier alpha value is -1.95. The standard InChI is InChI=1S/C25H41N5O4S2/c1-16(2)27(17(3)4)14-20-11-22-24(29(20)35(9,31)32)13-25-23(26-22)12-21(30(25)36(10,33)34)15-28(18(5)6)19(7)8/h11-13,16-19H,14-15H2,1-10H3. The SMILES string of the molecule is CC(C)N(Cc1cc2nc3cc(CN(C(C)C)C(C)C)n(S(C)(=O)=O)c3cc2n1S(C)(=O)=O)C(C)C. The maximum atomic E-state index is 13.0. The van der Waals surface area contributed by atoms with Crippen LogP contribution in [0.2, 0.25) is 0 Å². The number of pyridine rings is 1. The lowest BCUT2D eigenvalue weighted by atomic mass is 10.2. The van der Waals surface area contributed by atoms with Crippen LogP contribution in [0.25, 0.3) is 22.1 Å². The van der Waals surface area contributed by atoms with Crippen molar-refractivity contribution in [1.82, 2.24) is 22.7 Å². The molecule has 0 atom stereocenters. The van der Waals surface area contributed by atoms with E-state index >= 15 is 0 Å². The minimum atomic E-state index is -3.68. The smallest absolute Gasteiger partial charge is 0.236 e. The minimum absolute atomic E-state index is 0.213. The highest BCUT2D eigenvalue weighted by molar-refractivity contribution is 7.89. The van der Waals surface area contributed by atoms with Crippen molar-refractivity contribution >= 4 is 42.1 Å². The van der Waals surface area contributed by atoms with Crippen LogP contribution in [0.4, 0.5) is 0 Å². The van der Waals surface area contributed by atoms with Gasteiger partial charge in [0.05, 0.1) is 46.0 Å². The third-order valence-corrected chi connectivity index (χ3v) is 8.80. The Kier molecular flexibility index (Phi) is 8.01. The molecule has 9 nitrogen and oxygen atoms in total. The molecule has 202 valence electrons. The van der Waals surface area contributed by atoms with Gasteiger partial charge in [0, 0.05) is 37.3 Å². The van der Waals surface area contributed by atoms with Crippen molar-refractivity contribution in [3.8, 4) is 0 Å². The van der Waals surface area contributed by atoms with Crippen LogP contribution >= 0.6 is 0 Å². The fraction of sp³-hybridized carbons (Fsp3) is 0.640. The number of rotatable bonds is 10. The molecule has 0 spiro atoms. The van der Waals surface area contributed by atoms with Gasteiger partial charge in [-0.3, -0.25) is 9.80 Å². The molecule has 0 aliphatic carbocycles. The molecule has 0 saturated carbocycles. The summed E-state index contributed by atoms with van der Waals surface area (Å²) in [6.45, 7) is 17.5. The van der Waals surface area contributed by atoms with Crippen LogP contribution in [0, 0.1) is 0 Å². The van der Waals surface area contributed by atoms with Crippen LogP contribution in [0.5, 0.6) is 0 Å². The molecule has 3 aromatic rings. The predicted molar refractivity (Wildman–Crippen MR) is 147 cm³/mol. The van der Waals surface area contributed by atoms with Crippen LogP contribution < -0.4 is 0 Å². The van der Waals surface area contributed by atoms with Crippen LogP contribution in [-0.2, 0) is 33.1 Å². The fourth-order valence-corrected chi connectivity index (χ4v) is 7.18. The van der Waals surface area contributed by atoms with Crippen LogP contribution in [0.1, 0.15) is 66.8 Å². The van der Waals surface area contributed by atoms with Crippen molar-refractivity contribution in [1.29, 1.82) is 0 Å². The van der Waals surface area contributed by atoms with E-state index in [1.807, 2.05) is 0 Å². The molecular weight excluding hydrogens is 498 g/mol. The molecule has 36 heavy (non-hydrogen) atoms. The van der Waals surface area contributed by atoms with Crippen molar-refractivity contribution < 1.29 is 16.8 Å². The normalized spacial score (nSPS) is 13.8. The average molecular weight is 540 g/mol. The summed E-state index contributed by atoms with van der Waals surface area (Å²) in [6, 6.07) is 6.11. The Bertz CT molecular complexity index is 1340. The molecule has 0 unspecified atom stereocenters. The van der Waals surface area contributed by atoms with E-state index < -0.39 is 20.0 Å². The molecule has 11 heteroatoms. The van der Waals surface area contributed by atoms with Gasteiger partial charge in [-0.2, -0.15) is 0 Å². The molecule has 0 bridgehead atoms. The van der Waals surface area contributed by atoms with Crippen molar-refractivity contribution in [3.05, 3.63) is 29.6 Å². The van der Waals surface area contributed by atoms with Gasteiger partial charge < -0.3 is 0 Å². The molecule has 0 radical (unpaired) electrons. The second kappa shape index (κ2) is 10.1. The van der Waals surface area contributed by atoms with Gasteiger partial charge in [0.2, 0.25) is 20.0 Å². The summed E-state index contributed by atoms with van der Waals surface area (Å²) in [5.74, 6) is 0. The summed E-state index contributed by atoms with van der Waals surface area (Å²) in [5, 5.41) is 0. The Morgan fingerprint density at radius 2 is 0.944 bits per heavy atom. The second-order valence-electron chi connectivity index (χ2n) is 10.8. The van der Waals surface area contributed by atoms with E-state index in [4.69, 9.17) is 4.98 Å². The summed E-state index contributed by atoms with van der Waals surface area (Å²) >= 11 is 0. The van der Waals surface area contributed by atoms with Gasteiger partial charge in [0.1, 0.15) is 0 Å². The maximum absolute atomic E-state index is 13.0. The summed E-state index contributed by atoms with van der Waals surface area (Å²) in [7, 11) is -7.36. The van der Waals surface area contributed by atoms with Crippen LogP contribution in [0.3, 0.4) is 0 Å². The topological polar surface area (TPSA) is 97.5 Å². The van der Waals surface area contributed by atoms with Gasteiger partial charge in [-0.25, -0.2) is 29.8 Å². The molecule has 0 aliphatic heterocycles. The molecular formula is C25H41N5O4S2. The Labute approximate surface area is 216 Å². The first kappa shape index (κ1) is 28.6. The number of aromatic nitrogens is 3. The van der Waals surface area contributed by atoms with E-state index in [2.05, 4.69) is 65.2 Å². The molecule has 0 fully saturated rings. The molecule has 3 heterocycles. The summed E-state index contributed by atoms with van der Waals surface area (Å²) in [5.41, 5.74) is 3.02. The first-order chi connectivity index (χ1) is 16.4. The largest absolute Gasteiger partial charge is 0.293 e. The van der Waals surface area contributed by atoms with Crippen molar-refractivity contribution in [2.45, 2.75) is 92.6 Å². The first-order valence-corrected chi connectivity index (χ1v) is 16.1. The first-order valence-electron chi connectivity index (χ1n) is 12.4.